The number of hydrogen-bond donors (Lipinski definition) is 7. The van der Waals surface area contributed by atoms with E-state index in [0.29, 0.717) is 12.8 Å². The summed E-state index contributed by atoms with van der Waals surface area (Å²) in [5.41, 5.74) is 0. The van der Waals surface area contributed by atoms with Gasteiger partial charge in [-0.15, -0.1) is 0 Å². The van der Waals surface area contributed by atoms with Gasteiger partial charge in [0.1, 0.15) is 36.6 Å². The predicted molar refractivity (Wildman–Crippen MR) is 208 cm³/mol. The Morgan fingerprint density at radius 2 is 0.922 bits per heavy atom. The molecule has 0 radical (unpaired) electrons. The maximum absolute atomic E-state index is 13.0. The van der Waals surface area contributed by atoms with Crippen molar-refractivity contribution < 1.29 is 40.2 Å². The number of carbonyl (C=O) groups is 1. The molecule has 1 amide bonds. The van der Waals surface area contributed by atoms with E-state index in [1.54, 1.807) is 0 Å². The third-order valence-corrected chi connectivity index (χ3v) is 11.0. The van der Waals surface area contributed by atoms with Gasteiger partial charge in [0, 0.05) is 6.42 Å². The molecule has 1 aliphatic heterocycles. The molecular formula is C42H83NO8. The molecule has 1 heterocycles. The number of rotatable bonds is 35. The highest BCUT2D eigenvalue weighted by Gasteiger charge is 2.48. The molecule has 0 aromatic heterocycles. The van der Waals surface area contributed by atoms with Gasteiger partial charge < -0.3 is 40.7 Å². The maximum Gasteiger partial charge on any atom is 0.220 e. The maximum atomic E-state index is 13.0. The molecular weight excluding hydrogens is 646 g/mol. The molecule has 0 aliphatic carbocycles. The van der Waals surface area contributed by atoms with Crippen LogP contribution in [0.4, 0.5) is 0 Å². The summed E-state index contributed by atoms with van der Waals surface area (Å²) < 4.78 is 5.60. The lowest BCUT2D eigenvalue weighted by Crippen LogP contribution is -2.66. The van der Waals surface area contributed by atoms with Crippen molar-refractivity contribution in [3.63, 3.8) is 0 Å². The van der Waals surface area contributed by atoms with Crippen molar-refractivity contribution in [1.82, 2.24) is 5.32 Å². The van der Waals surface area contributed by atoms with E-state index in [1.807, 2.05) is 0 Å². The molecule has 9 nitrogen and oxygen atoms in total. The highest BCUT2D eigenvalue weighted by Crippen LogP contribution is 2.26. The Bertz CT molecular complexity index is 786. The van der Waals surface area contributed by atoms with Gasteiger partial charge >= 0.3 is 0 Å². The molecule has 51 heavy (non-hydrogen) atoms. The van der Waals surface area contributed by atoms with E-state index in [4.69, 9.17) is 4.74 Å². The van der Waals surface area contributed by atoms with Crippen molar-refractivity contribution in [2.45, 2.75) is 255 Å². The van der Waals surface area contributed by atoms with E-state index in [0.717, 1.165) is 44.9 Å². The van der Waals surface area contributed by atoms with Crippen molar-refractivity contribution in [2.24, 2.45) is 0 Å². The van der Waals surface area contributed by atoms with E-state index in [-0.39, 0.29) is 12.3 Å². The van der Waals surface area contributed by atoms with Gasteiger partial charge in [-0.3, -0.25) is 4.79 Å². The topological polar surface area (TPSA) is 160 Å². The average molecular weight is 730 g/mol. The van der Waals surface area contributed by atoms with Gasteiger partial charge in [0.2, 0.25) is 5.91 Å². The fourth-order valence-electron chi connectivity index (χ4n) is 7.49. The monoisotopic (exact) mass is 730 g/mol. The largest absolute Gasteiger partial charge is 0.394 e. The van der Waals surface area contributed by atoms with E-state index in [9.17, 15) is 35.4 Å². The van der Waals surface area contributed by atoms with Crippen LogP contribution in [0.25, 0.3) is 0 Å². The Hall–Kier alpha value is -0.810. The Morgan fingerprint density at radius 1 is 0.549 bits per heavy atom. The summed E-state index contributed by atoms with van der Waals surface area (Å²) >= 11 is 0. The average Bonchev–Trinajstić information content (AvgIpc) is 3.13. The molecule has 8 atom stereocenters. The SMILES string of the molecule is CCCCCCCCCCCCCCCCCC(=O)NC(C(O)CCCCCCCCCCCCCCC)C(O)[C@@H]1O[C@H](CO)[C@@H](O)[C@H](O)[C@H]1O. The molecule has 1 fully saturated rings. The smallest absolute Gasteiger partial charge is 0.220 e. The molecule has 9 heteroatoms. The second kappa shape index (κ2) is 32.6. The minimum Gasteiger partial charge on any atom is -0.394 e. The highest BCUT2D eigenvalue weighted by atomic mass is 16.6. The number of aliphatic hydroxyl groups excluding tert-OH is 6. The van der Waals surface area contributed by atoms with Gasteiger partial charge in [0.15, 0.2) is 0 Å². The van der Waals surface area contributed by atoms with E-state index >= 15 is 0 Å². The molecule has 0 aromatic rings. The molecule has 1 aliphatic rings. The summed E-state index contributed by atoms with van der Waals surface area (Å²) in [6.45, 7) is 3.88. The summed E-state index contributed by atoms with van der Waals surface area (Å²) in [5.74, 6) is -0.289. The number of nitrogens with one attached hydrogen (secondary N) is 1. The molecule has 0 aromatic carbocycles. The standard InChI is InChI=1S/C42H83NO8/c1-3-5-7-9-11-13-15-17-18-20-22-24-26-28-30-32-36(46)43-37(39(48)42-41(50)40(49)38(47)35(33-44)51-42)34(45)31-29-27-25-23-21-19-16-14-12-10-8-6-4-2/h34-35,37-42,44-45,47-50H,3-33H2,1-2H3,(H,43,46)/t34?,35-,37?,38-,39?,40+,41-,42+/m1/s1. The van der Waals surface area contributed by atoms with E-state index in [2.05, 4.69) is 19.2 Å². The van der Waals surface area contributed by atoms with Crippen molar-refractivity contribution in [3.8, 4) is 0 Å². The fourth-order valence-corrected chi connectivity index (χ4v) is 7.49. The Balaban J connectivity index is 2.43. The number of carbonyl (C=O) groups excluding carboxylic acids is 1. The van der Waals surface area contributed by atoms with Crippen molar-refractivity contribution >= 4 is 5.91 Å². The molecule has 1 saturated heterocycles. The molecule has 7 N–H and O–H groups in total. The quantitative estimate of drug-likeness (QED) is 0.0326. The molecule has 0 spiro atoms. The number of amides is 1. The van der Waals surface area contributed by atoms with Gasteiger partial charge in [-0.05, 0) is 12.8 Å². The van der Waals surface area contributed by atoms with Crippen LogP contribution >= 0.6 is 0 Å². The first-order valence-corrected chi connectivity index (χ1v) is 21.7. The molecule has 3 unspecified atom stereocenters. The molecule has 1 rings (SSSR count). The van der Waals surface area contributed by atoms with Gasteiger partial charge in [-0.2, -0.15) is 0 Å². The van der Waals surface area contributed by atoms with Gasteiger partial charge in [0.05, 0.1) is 18.8 Å². The summed E-state index contributed by atoms with van der Waals surface area (Å²) in [4.78, 5) is 13.0. The van der Waals surface area contributed by atoms with Crippen molar-refractivity contribution in [3.05, 3.63) is 0 Å². The van der Waals surface area contributed by atoms with Crippen molar-refractivity contribution in [2.75, 3.05) is 6.61 Å². The lowest BCUT2D eigenvalue weighted by Gasteiger charge is -2.44. The predicted octanol–water partition coefficient (Wildman–Crippen LogP) is 7.78. The first-order chi connectivity index (χ1) is 24.8. The van der Waals surface area contributed by atoms with Crippen LogP contribution in [-0.2, 0) is 9.53 Å². The third-order valence-electron chi connectivity index (χ3n) is 11.0. The lowest BCUT2D eigenvalue weighted by atomic mass is 9.87. The van der Waals surface area contributed by atoms with Crippen LogP contribution in [-0.4, -0.2) is 91.9 Å². The second-order valence-corrected chi connectivity index (χ2v) is 15.7. The van der Waals surface area contributed by atoms with E-state index < -0.39 is 55.4 Å². The molecule has 0 saturated carbocycles. The van der Waals surface area contributed by atoms with Gasteiger partial charge in [0.25, 0.3) is 0 Å². The fraction of sp³-hybridized carbons (Fsp3) is 0.976. The zero-order valence-corrected chi connectivity index (χ0v) is 33.0. The third kappa shape index (κ3) is 22.9. The van der Waals surface area contributed by atoms with Crippen LogP contribution in [0, 0.1) is 0 Å². The normalized spacial score (nSPS) is 22.5. The van der Waals surface area contributed by atoms with Crippen LogP contribution in [0.5, 0.6) is 0 Å². The zero-order chi connectivity index (χ0) is 37.5. The van der Waals surface area contributed by atoms with Crippen molar-refractivity contribution in [1.29, 1.82) is 0 Å². The summed E-state index contributed by atoms with van der Waals surface area (Å²) in [6, 6.07) is -1.13. The Morgan fingerprint density at radius 3 is 1.31 bits per heavy atom. The van der Waals surface area contributed by atoms with Crippen LogP contribution < -0.4 is 5.32 Å². The minimum absolute atomic E-state index is 0.265. The van der Waals surface area contributed by atoms with E-state index in [1.165, 1.54) is 128 Å². The first-order valence-electron chi connectivity index (χ1n) is 21.7. The van der Waals surface area contributed by atoms with Gasteiger partial charge in [-0.25, -0.2) is 0 Å². The van der Waals surface area contributed by atoms with Crippen LogP contribution in [0.1, 0.15) is 206 Å². The van der Waals surface area contributed by atoms with Crippen LogP contribution in [0.15, 0.2) is 0 Å². The van der Waals surface area contributed by atoms with Crippen LogP contribution in [0.2, 0.25) is 0 Å². The number of aliphatic hydroxyl groups is 6. The molecule has 304 valence electrons. The Labute approximate surface area is 312 Å². The zero-order valence-electron chi connectivity index (χ0n) is 33.0. The lowest BCUT2D eigenvalue weighted by molar-refractivity contribution is -0.253. The number of hydrogen-bond acceptors (Lipinski definition) is 8. The highest BCUT2D eigenvalue weighted by molar-refractivity contribution is 5.76. The van der Waals surface area contributed by atoms with Gasteiger partial charge in [-0.1, -0.05) is 187 Å². The number of ether oxygens (including phenoxy) is 1. The first kappa shape index (κ1) is 48.2. The molecule has 0 bridgehead atoms. The minimum atomic E-state index is -1.66. The Kier molecular flexibility index (Phi) is 30.8. The summed E-state index contributed by atoms with van der Waals surface area (Å²) in [7, 11) is 0. The second-order valence-electron chi connectivity index (χ2n) is 15.7. The number of unbranched alkanes of at least 4 members (excludes halogenated alkanes) is 26. The summed E-state index contributed by atoms with van der Waals surface area (Å²) in [5, 5.41) is 66.1. The van der Waals surface area contributed by atoms with Crippen LogP contribution in [0.3, 0.4) is 0 Å². The summed E-state index contributed by atoms with van der Waals surface area (Å²) in [6.07, 6.45) is 24.7.